The minimum Gasteiger partial charge on any atom is -0.370 e. The number of hydrogen-bond acceptors (Lipinski definition) is 5. The second-order valence-corrected chi connectivity index (χ2v) is 9.28. The number of para-hydroxylation sites is 1. The van der Waals surface area contributed by atoms with Gasteiger partial charge in [-0.25, -0.2) is 8.42 Å². The van der Waals surface area contributed by atoms with Crippen molar-refractivity contribution in [2.75, 3.05) is 44.2 Å². The zero-order chi connectivity index (χ0) is 22.4. The third-order valence-corrected chi connectivity index (χ3v) is 7.08. The molecule has 3 rings (SSSR count). The Labute approximate surface area is 183 Å². The third-order valence-electron chi connectivity index (χ3n) is 5.24. The van der Waals surface area contributed by atoms with Crippen LogP contribution in [0.2, 0.25) is 0 Å². The molecule has 1 fully saturated rings. The Bertz CT molecular complexity index is 1050. The van der Waals surface area contributed by atoms with E-state index in [0.717, 1.165) is 16.5 Å². The summed E-state index contributed by atoms with van der Waals surface area (Å²) in [4.78, 5) is 26.4. The second kappa shape index (κ2) is 9.93. The van der Waals surface area contributed by atoms with E-state index in [1.807, 2.05) is 12.1 Å². The number of nitrogens with zero attached hydrogens (tertiary/aromatic N) is 2. The summed E-state index contributed by atoms with van der Waals surface area (Å²) in [6, 6.07) is 14.0. The molecule has 8 nitrogen and oxygen atoms in total. The van der Waals surface area contributed by atoms with Gasteiger partial charge in [0.2, 0.25) is 15.9 Å². The standard InChI is InChI=1S/C22H28N4O4S/c1-3-25(20-10-5-4-7-17(20)2)13-11-24-22(28)18-8-6-9-19(15-18)31(29,30)26-14-12-23-21(27)16-26/h4-10,15H,3,11-14,16H2,1-2H3,(H,23,27)(H,24,28). The van der Waals surface area contributed by atoms with Gasteiger partial charge in [0.25, 0.3) is 5.91 Å². The number of amides is 2. The lowest BCUT2D eigenvalue weighted by atomic mass is 10.2. The van der Waals surface area contributed by atoms with E-state index in [-0.39, 0.29) is 41.9 Å². The zero-order valence-electron chi connectivity index (χ0n) is 17.8. The highest BCUT2D eigenvalue weighted by Gasteiger charge is 2.29. The number of anilines is 1. The highest BCUT2D eigenvalue weighted by atomic mass is 32.2. The molecule has 0 atom stereocenters. The smallest absolute Gasteiger partial charge is 0.251 e. The van der Waals surface area contributed by atoms with Gasteiger partial charge >= 0.3 is 0 Å². The number of nitrogens with one attached hydrogen (secondary N) is 2. The van der Waals surface area contributed by atoms with Gasteiger partial charge < -0.3 is 15.5 Å². The van der Waals surface area contributed by atoms with Crippen molar-refractivity contribution in [3.63, 3.8) is 0 Å². The average molecular weight is 445 g/mol. The molecule has 1 saturated heterocycles. The van der Waals surface area contributed by atoms with Crippen molar-refractivity contribution in [1.29, 1.82) is 0 Å². The molecule has 2 amide bonds. The number of benzene rings is 2. The van der Waals surface area contributed by atoms with E-state index in [9.17, 15) is 18.0 Å². The summed E-state index contributed by atoms with van der Waals surface area (Å²) >= 11 is 0. The van der Waals surface area contributed by atoms with Crippen molar-refractivity contribution in [3.8, 4) is 0 Å². The first-order valence-electron chi connectivity index (χ1n) is 10.3. The maximum Gasteiger partial charge on any atom is 0.251 e. The summed E-state index contributed by atoms with van der Waals surface area (Å²) < 4.78 is 26.8. The predicted molar refractivity (Wildman–Crippen MR) is 120 cm³/mol. The first kappa shape index (κ1) is 22.8. The van der Waals surface area contributed by atoms with E-state index in [2.05, 4.69) is 41.5 Å². The first-order chi connectivity index (χ1) is 14.8. The van der Waals surface area contributed by atoms with Crippen molar-refractivity contribution in [2.45, 2.75) is 18.7 Å². The van der Waals surface area contributed by atoms with Gasteiger partial charge in [0.1, 0.15) is 0 Å². The molecule has 0 saturated carbocycles. The number of piperazine rings is 1. The monoisotopic (exact) mass is 444 g/mol. The average Bonchev–Trinajstić information content (AvgIpc) is 2.77. The van der Waals surface area contributed by atoms with Crippen LogP contribution in [0.3, 0.4) is 0 Å². The third kappa shape index (κ3) is 5.42. The summed E-state index contributed by atoms with van der Waals surface area (Å²) in [5.74, 6) is -0.674. The van der Waals surface area contributed by atoms with Crippen LogP contribution in [0.1, 0.15) is 22.8 Å². The van der Waals surface area contributed by atoms with Crippen LogP contribution in [0, 0.1) is 6.92 Å². The van der Waals surface area contributed by atoms with Crippen molar-refractivity contribution >= 4 is 27.5 Å². The highest BCUT2D eigenvalue weighted by Crippen LogP contribution is 2.19. The SMILES string of the molecule is CCN(CCNC(=O)c1cccc(S(=O)(=O)N2CCNC(=O)C2)c1)c1ccccc1C. The van der Waals surface area contributed by atoms with E-state index in [0.29, 0.717) is 13.1 Å². The molecule has 0 aliphatic carbocycles. The highest BCUT2D eigenvalue weighted by molar-refractivity contribution is 7.89. The van der Waals surface area contributed by atoms with Crippen LogP contribution in [0.4, 0.5) is 5.69 Å². The van der Waals surface area contributed by atoms with Gasteiger partial charge in [0.15, 0.2) is 0 Å². The Hall–Kier alpha value is -2.91. The number of sulfonamides is 1. The van der Waals surface area contributed by atoms with Crippen LogP contribution in [-0.4, -0.2) is 63.8 Å². The number of rotatable bonds is 8. The number of likely N-dealkylation sites (N-methyl/N-ethyl adjacent to an activating group) is 1. The maximum atomic E-state index is 12.8. The summed E-state index contributed by atoms with van der Waals surface area (Å²) in [7, 11) is -3.85. The molecule has 2 aromatic carbocycles. The molecule has 2 N–H and O–H groups in total. The van der Waals surface area contributed by atoms with Gasteiger partial charge in [-0.15, -0.1) is 0 Å². The molecular weight excluding hydrogens is 416 g/mol. The Morgan fingerprint density at radius 3 is 2.68 bits per heavy atom. The van der Waals surface area contributed by atoms with Gasteiger partial charge in [0, 0.05) is 44.0 Å². The molecule has 0 bridgehead atoms. The fourth-order valence-electron chi connectivity index (χ4n) is 3.54. The summed E-state index contributed by atoms with van der Waals surface area (Å²) in [5, 5.41) is 5.47. The minimum atomic E-state index is -3.85. The van der Waals surface area contributed by atoms with Crippen molar-refractivity contribution < 1.29 is 18.0 Å². The summed E-state index contributed by atoms with van der Waals surface area (Å²) in [6.45, 7) is 6.22. The Morgan fingerprint density at radius 2 is 1.97 bits per heavy atom. The van der Waals surface area contributed by atoms with Gasteiger partial charge in [-0.2, -0.15) is 4.31 Å². The van der Waals surface area contributed by atoms with E-state index in [4.69, 9.17) is 0 Å². The van der Waals surface area contributed by atoms with Gasteiger partial charge in [-0.1, -0.05) is 24.3 Å². The Balaban J connectivity index is 1.65. The fourth-order valence-corrected chi connectivity index (χ4v) is 4.98. The molecule has 31 heavy (non-hydrogen) atoms. The lowest BCUT2D eigenvalue weighted by molar-refractivity contribution is -0.122. The molecule has 166 valence electrons. The number of carbonyl (C=O) groups is 2. The van der Waals surface area contributed by atoms with Gasteiger partial charge in [0.05, 0.1) is 11.4 Å². The molecule has 1 heterocycles. The van der Waals surface area contributed by atoms with Crippen LogP contribution in [-0.2, 0) is 14.8 Å². The Morgan fingerprint density at radius 1 is 1.19 bits per heavy atom. The minimum absolute atomic E-state index is 0.00458. The number of hydrogen-bond donors (Lipinski definition) is 2. The topological polar surface area (TPSA) is 98.8 Å². The van der Waals surface area contributed by atoms with Crippen LogP contribution in [0.25, 0.3) is 0 Å². The summed E-state index contributed by atoms with van der Waals surface area (Å²) in [5.41, 5.74) is 2.55. The van der Waals surface area contributed by atoms with Crippen LogP contribution >= 0.6 is 0 Å². The normalized spacial score (nSPS) is 14.7. The quantitative estimate of drug-likeness (QED) is 0.641. The van der Waals surface area contributed by atoms with Crippen LogP contribution in [0.15, 0.2) is 53.4 Å². The lowest BCUT2D eigenvalue weighted by Crippen LogP contribution is -2.49. The molecular formula is C22H28N4O4S. The predicted octanol–water partition coefficient (Wildman–Crippen LogP) is 1.37. The van der Waals surface area contributed by atoms with Gasteiger partial charge in [-0.3, -0.25) is 9.59 Å². The molecule has 0 unspecified atom stereocenters. The molecule has 0 spiro atoms. The zero-order valence-corrected chi connectivity index (χ0v) is 18.6. The largest absolute Gasteiger partial charge is 0.370 e. The van der Waals surface area contributed by atoms with E-state index in [1.165, 1.54) is 23.8 Å². The van der Waals surface area contributed by atoms with Gasteiger partial charge in [-0.05, 0) is 43.7 Å². The number of carbonyl (C=O) groups excluding carboxylic acids is 2. The summed E-state index contributed by atoms with van der Waals surface area (Å²) in [6.07, 6.45) is 0. The van der Waals surface area contributed by atoms with Crippen molar-refractivity contribution in [3.05, 3.63) is 59.7 Å². The molecule has 1 aliphatic heterocycles. The fraction of sp³-hybridized carbons (Fsp3) is 0.364. The maximum absolute atomic E-state index is 12.8. The van der Waals surface area contributed by atoms with Crippen molar-refractivity contribution in [1.82, 2.24) is 14.9 Å². The van der Waals surface area contributed by atoms with Crippen LogP contribution in [0.5, 0.6) is 0 Å². The lowest BCUT2D eigenvalue weighted by Gasteiger charge is -2.26. The van der Waals surface area contributed by atoms with Crippen LogP contribution < -0.4 is 15.5 Å². The first-order valence-corrected chi connectivity index (χ1v) is 11.7. The molecule has 0 aromatic heterocycles. The molecule has 1 aliphatic rings. The molecule has 2 aromatic rings. The second-order valence-electron chi connectivity index (χ2n) is 7.34. The van der Waals surface area contributed by atoms with E-state index < -0.39 is 10.0 Å². The molecule has 0 radical (unpaired) electrons. The van der Waals surface area contributed by atoms with E-state index >= 15 is 0 Å². The number of aryl methyl sites for hydroxylation is 1. The van der Waals surface area contributed by atoms with Crippen molar-refractivity contribution in [2.24, 2.45) is 0 Å². The van der Waals surface area contributed by atoms with E-state index in [1.54, 1.807) is 6.07 Å². The molecule has 9 heteroatoms. The Kier molecular flexibility index (Phi) is 7.29.